The molecule has 3 heterocycles. The average Bonchev–Trinajstić information content (AvgIpc) is 3.33. The van der Waals surface area contributed by atoms with Gasteiger partial charge in [-0.2, -0.15) is 5.10 Å². The summed E-state index contributed by atoms with van der Waals surface area (Å²) in [5, 5.41) is 6.65. The number of carbonyl (C=O) groups excluding carboxylic acids is 2. The SMILES string of the molecule is CNC(=O)c1cc(Oc2ccc(N3CCN(c4ccnn4C)C3=O)cc2)ccn1. The van der Waals surface area contributed by atoms with E-state index in [0.717, 1.165) is 11.5 Å². The van der Waals surface area contributed by atoms with E-state index in [1.54, 1.807) is 52.0 Å². The van der Waals surface area contributed by atoms with E-state index >= 15 is 0 Å². The Bertz CT molecular complexity index is 1050. The number of amides is 3. The monoisotopic (exact) mass is 392 g/mol. The predicted octanol–water partition coefficient (Wildman–Crippen LogP) is 2.41. The number of aryl methyl sites for hydroxylation is 1. The molecule has 9 heteroatoms. The minimum atomic E-state index is -0.281. The molecular formula is C20H20N6O3. The molecule has 0 atom stereocenters. The molecule has 1 fully saturated rings. The summed E-state index contributed by atoms with van der Waals surface area (Å²) in [6, 6.07) is 12.2. The lowest BCUT2D eigenvalue weighted by Crippen LogP contribution is -2.32. The van der Waals surface area contributed by atoms with Crippen molar-refractivity contribution >= 4 is 23.4 Å². The number of ether oxygens (including phenoxy) is 1. The zero-order chi connectivity index (χ0) is 20.4. The molecule has 3 aromatic rings. The van der Waals surface area contributed by atoms with Crippen LogP contribution in [0.15, 0.2) is 54.9 Å². The second-order valence-electron chi connectivity index (χ2n) is 6.45. The zero-order valence-corrected chi connectivity index (χ0v) is 16.1. The normalized spacial score (nSPS) is 13.7. The van der Waals surface area contributed by atoms with Crippen LogP contribution in [0.4, 0.5) is 16.3 Å². The van der Waals surface area contributed by atoms with E-state index in [-0.39, 0.29) is 17.6 Å². The number of pyridine rings is 1. The van der Waals surface area contributed by atoms with Crippen LogP contribution < -0.4 is 19.9 Å². The highest BCUT2D eigenvalue weighted by atomic mass is 16.5. The van der Waals surface area contributed by atoms with Gasteiger partial charge in [0.1, 0.15) is 23.0 Å². The second-order valence-corrected chi connectivity index (χ2v) is 6.45. The number of hydrogen-bond donors (Lipinski definition) is 1. The number of carbonyl (C=O) groups is 2. The van der Waals surface area contributed by atoms with E-state index in [1.807, 2.05) is 25.2 Å². The molecule has 1 aliphatic rings. The van der Waals surface area contributed by atoms with Crippen LogP contribution in [0.2, 0.25) is 0 Å². The number of nitrogens with one attached hydrogen (secondary N) is 1. The predicted molar refractivity (Wildman–Crippen MR) is 107 cm³/mol. The third kappa shape index (κ3) is 3.62. The first-order valence-corrected chi connectivity index (χ1v) is 9.10. The van der Waals surface area contributed by atoms with Crippen LogP contribution in [0.5, 0.6) is 11.5 Å². The summed E-state index contributed by atoms with van der Waals surface area (Å²) in [5.41, 5.74) is 1.06. The van der Waals surface area contributed by atoms with Gasteiger partial charge in [-0.05, 0) is 30.3 Å². The van der Waals surface area contributed by atoms with Gasteiger partial charge in [0.15, 0.2) is 0 Å². The first-order chi connectivity index (χ1) is 14.1. The first kappa shape index (κ1) is 18.5. The van der Waals surface area contributed by atoms with Crippen LogP contribution >= 0.6 is 0 Å². The van der Waals surface area contributed by atoms with Gasteiger partial charge in [-0.25, -0.2) is 4.79 Å². The topological polar surface area (TPSA) is 92.6 Å². The van der Waals surface area contributed by atoms with E-state index in [9.17, 15) is 9.59 Å². The summed E-state index contributed by atoms with van der Waals surface area (Å²) < 4.78 is 7.49. The standard InChI is InChI=1S/C20H20N6O3/c1-21-19(27)17-13-16(7-9-22-17)29-15-5-3-14(4-6-15)25-11-12-26(20(25)28)18-8-10-23-24(18)2/h3-10,13H,11-12H2,1-2H3,(H,21,27). The molecule has 0 spiro atoms. The lowest BCUT2D eigenvalue weighted by atomic mass is 10.2. The summed E-state index contributed by atoms with van der Waals surface area (Å²) in [7, 11) is 3.36. The van der Waals surface area contributed by atoms with Gasteiger partial charge in [-0.15, -0.1) is 0 Å². The number of benzene rings is 1. The summed E-state index contributed by atoms with van der Waals surface area (Å²) in [6.07, 6.45) is 3.19. The summed E-state index contributed by atoms with van der Waals surface area (Å²) >= 11 is 0. The quantitative estimate of drug-likeness (QED) is 0.720. The Morgan fingerprint density at radius 2 is 1.79 bits per heavy atom. The average molecular weight is 392 g/mol. The third-order valence-corrected chi connectivity index (χ3v) is 4.66. The van der Waals surface area contributed by atoms with Gasteiger partial charge in [-0.1, -0.05) is 0 Å². The molecule has 1 saturated heterocycles. The summed E-state index contributed by atoms with van der Waals surface area (Å²) in [4.78, 5) is 31.9. The highest BCUT2D eigenvalue weighted by molar-refractivity contribution is 6.05. The Morgan fingerprint density at radius 1 is 1.03 bits per heavy atom. The summed E-state index contributed by atoms with van der Waals surface area (Å²) in [6.45, 7) is 1.18. The number of anilines is 2. The fourth-order valence-corrected chi connectivity index (χ4v) is 3.18. The van der Waals surface area contributed by atoms with Gasteiger partial charge in [-0.3, -0.25) is 24.3 Å². The molecule has 9 nitrogen and oxygen atoms in total. The van der Waals surface area contributed by atoms with Gasteiger partial charge in [0.2, 0.25) is 0 Å². The van der Waals surface area contributed by atoms with Gasteiger partial charge >= 0.3 is 6.03 Å². The number of aromatic nitrogens is 3. The molecule has 2 aromatic heterocycles. The minimum Gasteiger partial charge on any atom is -0.457 e. The van der Waals surface area contributed by atoms with Crippen LogP contribution in [0.3, 0.4) is 0 Å². The van der Waals surface area contributed by atoms with Crippen molar-refractivity contribution in [1.29, 1.82) is 0 Å². The van der Waals surface area contributed by atoms with E-state index in [4.69, 9.17) is 4.74 Å². The highest BCUT2D eigenvalue weighted by Crippen LogP contribution is 2.28. The van der Waals surface area contributed by atoms with E-state index in [2.05, 4.69) is 15.4 Å². The maximum atomic E-state index is 12.8. The Kier molecular flexibility index (Phi) is 4.86. The molecule has 1 aliphatic heterocycles. The Balaban J connectivity index is 1.47. The van der Waals surface area contributed by atoms with E-state index in [1.165, 1.54) is 6.20 Å². The van der Waals surface area contributed by atoms with Gasteiger partial charge in [0.25, 0.3) is 5.91 Å². The van der Waals surface area contributed by atoms with Crippen molar-refractivity contribution in [2.75, 3.05) is 29.9 Å². The molecule has 3 amide bonds. The van der Waals surface area contributed by atoms with Crippen molar-refractivity contribution in [3.05, 3.63) is 60.6 Å². The first-order valence-electron chi connectivity index (χ1n) is 9.10. The van der Waals surface area contributed by atoms with Gasteiger partial charge in [0.05, 0.1) is 6.20 Å². The van der Waals surface area contributed by atoms with Crippen LogP contribution in [0, 0.1) is 0 Å². The van der Waals surface area contributed by atoms with Crippen molar-refractivity contribution in [1.82, 2.24) is 20.1 Å². The van der Waals surface area contributed by atoms with Gasteiger partial charge < -0.3 is 10.1 Å². The molecule has 0 bridgehead atoms. The number of urea groups is 1. The van der Waals surface area contributed by atoms with Gasteiger partial charge in [0, 0.05) is 51.2 Å². The Labute approximate surface area is 167 Å². The molecular weight excluding hydrogens is 372 g/mol. The smallest absolute Gasteiger partial charge is 0.330 e. The lowest BCUT2D eigenvalue weighted by Gasteiger charge is -2.19. The molecule has 0 unspecified atom stereocenters. The van der Waals surface area contributed by atoms with E-state index < -0.39 is 0 Å². The summed E-state index contributed by atoms with van der Waals surface area (Å²) in [5.74, 6) is 1.59. The lowest BCUT2D eigenvalue weighted by molar-refractivity contribution is 0.0958. The molecule has 29 heavy (non-hydrogen) atoms. The van der Waals surface area contributed by atoms with Crippen LogP contribution in [-0.2, 0) is 7.05 Å². The maximum absolute atomic E-state index is 12.8. The minimum absolute atomic E-state index is 0.0911. The van der Waals surface area contributed by atoms with Crippen molar-refractivity contribution in [2.24, 2.45) is 7.05 Å². The molecule has 0 aliphatic carbocycles. The molecule has 148 valence electrons. The molecule has 0 radical (unpaired) electrons. The fraction of sp³-hybridized carbons (Fsp3) is 0.200. The van der Waals surface area contributed by atoms with Crippen molar-refractivity contribution in [3.63, 3.8) is 0 Å². The van der Waals surface area contributed by atoms with Crippen molar-refractivity contribution in [2.45, 2.75) is 0 Å². The number of nitrogens with zero attached hydrogens (tertiary/aromatic N) is 5. The molecule has 0 saturated carbocycles. The largest absolute Gasteiger partial charge is 0.457 e. The van der Waals surface area contributed by atoms with Crippen molar-refractivity contribution in [3.8, 4) is 11.5 Å². The van der Waals surface area contributed by atoms with E-state index in [0.29, 0.717) is 24.6 Å². The van der Waals surface area contributed by atoms with Crippen LogP contribution in [0.1, 0.15) is 10.5 Å². The zero-order valence-electron chi connectivity index (χ0n) is 16.1. The maximum Gasteiger partial charge on any atom is 0.330 e. The van der Waals surface area contributed by atoms with Crippen LogP contribution in [0.25, 0.3) is 0 Å². The Morgan fingerprint density at radius 3 is 2.48 bits per heavy atom. The molecule has 1 aromatic carbocycles. The van der Waals surface area contributed by atoms with Crippen molar-refractivity contribution < 1.29 is 14.3 Å². The number of hydrogen-bond acceptors (Lipinski definition) is 5. The molecule has 1 N–H and O–H groups in total. The van der Waals surface area contributed by atoms with Crippen LogP contribution in [-0.4, -0.2) is 46.8 Å². The Hall–Kier alpha value is -3.88. The fourth-order valence-electron chi connectivity index (χ4n) is 3.18. The second kappa shape index (κ2) is 7.63. The highest BCUT2D eigenvalue weighted by Gasteiger charge is 2.32. The number of rotatable bonds is 5. The molecule has 4 rings (SSSR count). The third-order valence-electron chi connectivity index (χ3n) is 4.66.